The highest BCUT2D eigenvalue weighted by molar-refractivity contribution is 6.99. The van der Waals surface area contributed by atoms with Crippen LogP contribution in [0.25, 0.3) is 0 Å². The first-order valence-electron chi connectivity index (χ1n) is 12.6. The summed E-state index contributed by atoms with van der Waals surface area (Å²) in [6, 6.07) is 21.4. The summed E-state index contributed by atoms with van der Waals surface area (Å²) >= 11 is 0. The van der Waals surface area contributed by atoms with Gasteiger partial charge in [-0.1, -0.05) is 94.4 Å². The fourth-order valence-corrected chi connectivity index (χ4v) is 10.1. The Morgan fingerprint density at radius 1 is 1.06 bits per heavy atom. The van der Waals surface area contributed by atoms with Crippen LogP contribution in [-0.4, -0.2) is 49.9 Å². The second-order valence-corrected chi connectivity index (χ2v) is 15.4. The van der Waals surface area contributed by atoms with Gasteiger partial charge < -0.3 is 20.0 Å². The van der Waals surface area contributed by atoms with Gasteiger partial charge in [0.15, 0.2) is 0 Å². The minimum Gasteiger partial charge on any atom is -0.407 e. The van der Waals surface area contributed by atoms with Crippen molar-refractivity contribution in [3.8, 4) is 0 Å². The zero-order valence-corrected chi connectivity index (χ0v) is 22.6. The molecule has 2 aromatic rings. The van der Waals surface area contributed by atoms with E-state index in [1.807, 2.05) is 6.92 Å². The van der Waals surface area contributed by atoms with Gasteiger partial charge in [0.25, 0.3) is 8.32 Å². The van der Waals surface area contributed by atoms with Gasteiger partial charge in [-0.05, 0) is 53.2 Å². The van der Waals surface area contributed by atoms with E-state index in [1.54, 1.807) is 0 Å². The van der Waals surface area contributed by atoms with Crippen molar-refractivity contribution in [1.29, 1.82) is 0 Å². The molecule has 4 nitrogen and oxygen atoms in total. The van der Waals surface area contributed by atoms with Gasteiger partial charge in [-0.25, -0.2) is 0 Å². The van der Waals surface area contributed by atoms with Crippen molar-refractivity contribution in [2.24, 2.45) is 5.92 Å². The van der Waals surface area contributed by atoms with Gasteiger partial charge >= 0.3 is 0 Å². The normalized spacial score (nSPS) is 20.2. The minimum atomic E-state index is -2.59. The highest BCUT2D eigenvalue weighted by atomic mass is 28.4. The second-order valence-electron chi connectivity index (χ2n) is 11.1. The smallest absolute Gasteiger partial charge is 0.261 e. The van der Waals surface area contributed by atoms with Crippen LogP contribution >= 0.6 is 0 Å². The van der Waals surface area contributed by atoms with Crippen molar-refractivity contribution in [2.45, 2.75) is 70.6 Å². The maximum absolute atomic E-state index is 11.1. The Bertz CT molecular complexity index is 876. The van der Waals surface area contributed by atoms with Gasteiger partial charge in [0.2, 0.25) is 0 Å². The van der Waals surface area contributed by atoms with Crippen LogP contribution in [0.1, 0.15) is 53.9 Å². The van der Waals surface area contributed by atoms with Crippen LogP contribution in [0.5, 0.6) is 0 Å². The first-order chi connectivity index (χ1) is 16.1. The Hall–Kier alpha value is -1.76. The molecule has 1 aliphatic heterocycles. The van der Waals surface area contributed by atoms with E-state index in [2.05, 4.69) is 99.8 Å². The Kier molecular flexibility index (Phi) is 8.93. The van der Waals surface area contributed by atoms with Crippen LogP contribution in [0.3, 0.4) is 0 Å². The van der Waals surface area contributed by atoms with Crippen LogP contribution < -0.4 is 15.7 Å². The average molecular weight is 482 g/mol. The van der Waals surface area contributed by atoms with Crippen LogP contribution in [0.15, 0.2) is 72.3 Å². The van der Waals surface area contributed by atoms with Crippen molar-refractivity contribution in [3.05, 3.63) is 72.3 Å². The highest BCUT2D eigenvalue weighted by Crippen LogP contribution is 2.37. The van der Waals surface area contributed by atoms with Crippen LogP contribution in [-0.2, 0) is 4.43 Å². The molecule has 0 amide bonds. The maximum Gasteiger partial charge on any atom is 0.261 e. The molecular weight excluding hydrogens is 438 g/mol. The second kappa shape index (κ2) is 11.3. The standard InChI is InChI=1S/C29H43NO3Si/c1-23(19-24(21-31)20-29(5,32)27-17-12-18-30-27)22-33-34(28(2,3)4,25-13-8-6-9-14-25)26-15-10-7-11-16-26/h6-11,13-16,19,23,27,30-32H,12,17-18,20-22H2,1-5H3/b24-19-/t23-,27-,29-/m0/s1. The van der Waals surface area contributed by atoms with E-state index in [1.165, 1.54) is 10.4 Å². The lowest BCUT2D eigenvalue weighted by molar-refractivity contribution is 0.0238. The molecule has 0 unspecified atom stereocenters. The summed E-state index contributed by atoms with van der Waals surface area (Å²) in [7, 11) is -2.59. The van der Waals surface area contributed by atoms with E-state index in [0.29, 0.717) is 13.0 Å². The predicted molar refractivity (Wildman–Crippen MR) is 144 cm³/mol. The summed E-state index contributed by atoms with van der Waals surface area (Å²) in [5.74, 6) is 0.108. The quantitative estimate of drug-likeness (QED) is 0.354. The van der Waals surface area contributed by atoms with Crippen LogP contribution in [0, 0.1) is 5.92 Å². The topological polar surface area (TPSA) is 61.7 Å². The minimum absolute atomic E-state index is 0.0492. The SMILES string of the molecule is C[C@@H](/C=C(\CO)C[C@](C)(O)[C@@H]1CCCN1)CO[Si](c1ccccc1)(c1ccccc1)C(C)(C)C. The van der Waals surface area contributed by atoms with Crippen molar-refractivity contribution in [1.82, 2.24) is 5.32 Å². The largest absolute Gasteiger partial charge is 0.407 e. The molecule has 3 rings (SSSR count). The Morgan fingerprint density at radius 3 is 2.06 bits per heavy atom. The Morgan fingerprint density at radius 2 is 1.62 bits per heavy atom. The molecule has 1 fully saturated rings. The highest BCUT2D eigenvalue weighted by Gasteiger charge is 2.50. The fraction of sp³-hybridized carbons (Fsp3) is 0.517. The molecule has 0 aliphatic carbocycles. The Labute approximate surface area is 207 Å². The molecule has 3 atom stereocenters. The first-order valence-corrected chi connectivity index (χ1v) is 14.5. The van der Waals surface area contributed by atoms with Crippen molar-refractivity contribution in [3.63, 3.8) is 0 Å². The fourth-order valence-electron chi connectivity index (χ4n) is 5.43. The van der Waals surface area contributed by atoms with E-state index in [-0.39, 0.29) is 23.6 Å². The molecule has 2 aromatic carbocycles. The summed E-state index contributed by atoms with van der Waals surface area (Å²) in [5, 5.41) is 27.0. The van der Waals surface area contributed by atoms with Gasteiger partial charge in [-0.15, -0.1) is 0 Å². The molecule has 0 spiro atoms. The molecule has 1 heterocycles. The van der Waals surface area contributed by atoms with Crippen molar-refractivity contribution < 1.29 is 14.6 Å². The van der Waals surface area contributed by atoms with Crippen molar-refractivity contribution >= 4 is 18.7 Å². The molecular formula is C29H43NO3Si. The van der Waals surface area contributed by atoms with Crippen LogP contribution in [0.4, 0.5) is 0 Å². The molecule has 0 saturated carbocycles. The predicted octanol–water partition coefficient (Wildman–Crippen LogP) is 4.01. The van der Waals surface area contributed by atoms with E-state index < -0.39 is 13.9 Å². The van der Waals surface area contributed by atoms with Gasteiger partial charge in [-0.3, -0.25) is 0 Å². The van der Waals surface area contributed by atoms with Gasteiger partial charge in [0.1, 0.15) is 0 Å². The molecule has 0 aromatic heterocycles. The number of benzene rings is 2. The third kappa shape index (κ3) is 6.07. The summed E-state index contributed by atoms with van der Waals surface area (Å²) in [6.45, 7) is 12.3. The van der Waals surface area contributed by atoms with E-state index in [9.17, 15) is 10.2 Å². The number of rotatable bonds is 10. The maximum atomic E-state index is 11.1. The lowest BCUT2D eigenvalue weighted by atomic mass is 9.87. The molecule has 186 valence electrons. The molecule has 0 radical (unpaired) electrons. The molecule has 0 bridgehead atoms. The summed E-state index contributed by atoms with van der Waals surface area (Å²) in [5.41, 5.74) is 0.00106. The number of hydrogen-bond donors (Lipinski definition) is 3. The summed E-state index contributed by atoms with van der Waals surface area (Å²) in [6.07, 6.45) is 4.62. The molecule has 5 heteroatoms. The third-order valence-corrected chi connectivity index (χ3v) is 12.1. The van der Waals surface area contributed by atoms with E-state index in [0.717, 1.165) is 25.0 Å². The summed E-state index contributed by atoms with van der Waals surface area (Å²) in [4.78, 5) is 0. The lowest BCUT2D eigenvalue weighted by Crippen LogP contribution is -2.66. The van der Waals surface area contributed by atoms with Crippen LogP contribution in [0.2, 0.25) is 5.04 Å². The average Bonchev–Trinajstić information content (AvgIpc) is 3.36. The number of nitrogens with one attached hydrogen (secondary N) is 1. The molecule has 1 saturated heterocycles. The Balaban J connectivity index is 1.86. The number of hydrogen-bond acceptors (Lipinski definition) is 4. The third-order valence-electron chi connectivity index (χ3n) is 7.10. The molecule has 3 N–H and O–H groups in total. The first kappa shape index (κ1) is 26.8. The van der Waals surface area contributed by atoms with Crippen molar-refractivity contribution in [2.75, 3.05) is 19.8 Å². The van der Waals surface area contributed by atoms with Gasteiger partial charge in [0.05, 0.1) is 12.2 Å². The summed E-state index contributed by atoms with van der Waals surface area (Å²) < 4.78 is 7.04. The zero-order chi connectivity index (χ0) is 24.8. The molecule has 1 aliphatic rings. The lowest BCUT2D eigenvalue weighted by Gasteiger charge is -2.43. The number of aliphatic hydroxyl groups is 2. The van der Waals surface area contributed by atoms with E-state index >= 15 is 0 Å². The zero-order valence-electron chi connectivity index (χ0n) is 21.6. The number of aliphatic hydroxyl groups excluding tert-OH is 1. The van der Waals surface area contributed by atoms with Gasteiger partial charge in [0, 0.05) is 19.1 Å². The van der Waals surface area contributed by atoms with E-state index in [4.69, 9.17) is 4.43 Å². The monoisotopic (exact) mass is 481 g/mol. The van der Waals surface area contributed by atoms with Gasteiger partial charge in [-0.2, -0.15) is 0 Å². The molecule has 34 heavy (non-hydrogen) atoms.